The van der Waals surface area contributed by atoms with Crippen LogP contribution in [0.25, 0.3) is 0 Å². The molecule has 0 bridgehead atoms. The second-order valence-corrected chi connectivity index (χ2v) is 4.46. The zero-order chi connectivity index (χ0) is 8.81. The molecule has 12 heavy (non-hydrogen) atoms. The molecule has 0 aliphatic heterocycles. The van der Waals surface area contributed by atoms with E-state index in [0.717, 1.165) is 36.9 Å². The minimum absolute atomic E-state index is 0.478. The summed E-state index contributed by atoms with van der Waals surface area (Å²) in [6.45, 7) is 0. The fourth-order valence-electron chi connectivity index (χ4n) is 1.82. The molecule has 0 aromatic carbocycles. The fraction of sp³-hybridized carbons (Fsp3) is 0.900. The summed E-state index contributed by atoms with van der Waals surface area (Å²) >= 11 is 3.43. The molecule has 1 nitrogen and oxygen atoms in total. The highest BCUT2D eigenvalue weighted by Gasteiger charge is 2.17. The van der Waals surface area contributed by atoms with E-state index in [-0.39, 0.29) is 0 Å². The van der Waals surface area contributed by atoms with Crippen molar-refractivity contribution in [3.8, 4) is 0 Å². The van der Waals surface area contributed by atoms with Gasteiger partial charge in [-0.15, -0.1) is 0 Å². The molecule has 0 N–H and O–H groups in total. The number of hydrogen-bond donors (Lipinski definition) is 0. The maximum absolute atomic E-state index is 10.9. The molecule has 1 fully saturated rings. The number of hydrogen-bond acceptors (Lipinski definition) is 1. The first kappa shape index (κ1) is 10.2. The SMILES string of the molecule is O=C1CCC(CCCCBr)CC1. The number of Topliss-reactive ketones (excluding diaryl/α,β-unsaturated/α-hetero) is 1. The number of halogens is 1. The predicted molar refractivity (Wildman–Crippen MR) is 54.6 cm³/mol. The molecule has 0 unspecified atom stereocenters. The number of unbranched alkanes of at least 4 members (excludes halogenated alkanes) is 1. The van der Waals surface area contributed by atoms with Crippen molar-refractivity contribution in [1.82, 2.24) is 0 Å². The van der Waals surface area contributed by atoms with Gasteiger partial charge in [0.05, 0.1) is 0 Å². The van der Waals surface area contributed by atoms with Crippen LogP contribution in [0.1, 0.15) is 44.9 Å². The lowest BCUT2D eigenvalue weighted by atomic mass is 9.85. The summed E-state index contributed by atoms with van der Waals surface area (Å²) in [5.74, 6) is 1.33. The van der Waals surface area contributed by atoms with E-state index in [1.807, 2.05) is 0 Å². The first-order valence-electron chi connectivity index (χ1n) is 4.90. The van der Waals surface area contributed by atoms with Crippen molar-refractivity contribution in [2.24, 2.45) is 5.92 Å². The summed E-state index contributed by atoms with van der Waals surface area (Å²) in [7, 11) is 0. The normalized spacial score (nSPS) is 19.9. The van der Waals surface area contributed by atoms with Crippen LogP contribution in [0.5, 0.6) is 0 Å². The minimum Gasteiger partial charge on any atom is -0.300 e. The van der Waals surface area contributed by atoms with E-state index in [1.54, 1.807) is 0 Å². The van der Waals surface area contributed by atoms with Gasteiger partial charge in [-0.1, -0.05) is 28.8 Å². The zero-order valence-corrected chi connectivity index (χ0v) is 9.11. The Bertz CT molecular complexity index is 135. The molecule has 0 radical (unpaired) electrons. The molecular weight excluding hydrogens is 216 g/mol. The molecule has 0 aromatic rings. The quantitative estimate of drug-likeness (QED) is 0.537. The van der Waals surface area contributed by atoms with E-state index in [2.05, 4.69) is 15.9 Å². The Kier molecular flexibility index (Phi) is 4.89. The van der Waals surface area contributed by atoms with Crippen LogP contribution in [0.15, 0.2) is 0 Å². The van der Waals surface area contributed by atoms with Crippen LogP contribution in [-0.2, 0) is 4.79 Å². The molecule has 0 aromatic heterocycles. The highest BCUT2D eigenvalue weighted by Crippen LogP contribution is 2.25. The van der Waals surface area contributed by atoms with Gasteiger partial charge in [0.2, 0.25) is 0 Å². The van der Waals surface area contributed by atoms with E-state index < -0.39 is 0 Å². The molecule has 0 atom stereocenters. The third-order valence-electron chi connectivity index (χ3n) is 2.66. The molecule has 0 spiro atoms. The molecule has 1 saturated carbocycles. The lowest BCUT2D eigenvalue weighted by Crippen LogP contribution is -2.13. The predicted octanol–water partition coefficient (Wildman–Crippen LogP) is 3.31. The van der Waals surface area contributed by atoms with E-state index in [9.17, 15) is 4.79 Å². The molecule has 1 rings (SSSR count). The van der Waals surface area contributed by atoms with Gasteiger partial charge in [0.15, 0.2) is 0 Å². The molecule has 70 valence electrons. The summed E-state index contributed by atoms with van der Waals surface area (Å²) < 4.78 is 0. The van der Waals surface area contributed by atoms with E-state index in [4.69, 9.17) is 0 Å². The van der Waals surface area contributed by atoms with Crippen molar-refractivity contribution in [2.45, 2.75) is 44.9 Å². The van der Waals surface area contributed by atoms with E-state index in [1.165, 1.54) is 19.3 Å². The van der Waals surface area contributed by atoms with Crippen LogP contribution in [0.2, 0.25) is 0 Å². The van der Waals surface area contributed by atoms with Crippen molar-refractivity contribution in [3.05, 3.63) is 0 Å². The van der Waals surface area contributed by atoms with Crippen molar-refractivity contribution in [2.75, 3.05) is 5.33 Å². The fourth-order valence-corrected chi connectivity index (χ4v) is 2.21. The van der Waals surface area contributed by atoms with Gasteiger partial charge < -0.3 is 0 Å². The third-order valence-corrected chi connectivity index (χ3v) is 3.22. The second kappa shape index (κ2) is 5.74. The first-order valence-corrected chi connectivity index (χ1v) is 6.02. The monoisotopic (exact) mass is 232 g/mol. The van der Waals surface area contributed by atoms with Crippen molar-refractivity contribution < 1.29 is 4.79 Å². The van der Waals surface area contributed by atoms with Gasteiger partial charge in [-0.25, -0.2) is 0 Å². The topological polar surface area (TPSA) is 17.1 Å². The Morgan fingerprint density at radius 1 is 1.25 bits per heavy atom. The molecular formula is C10H17BrO. The highest BCUT2D eigenvalue weighted by atomic mass is 79.9. The number of carbonyl (C=O) groups is 1. The Morgan fingerprint density at radius 2 is 1.92 bits per heavy atom. The van der Waals surface area contributed by atoms with Gasteiger partial charge in [0, 0.05) is 18.2 Å². The van der Waals surface area contributed by atoms with Gasteiger partial charge in [-0.2, -0.15) is 0 Å². The highest BCUT2D eigenvalue weighted by molar-refractivity contribution is 9.09. The lowest BCUT2D eigenvalue weighted by Gasteiger charge is -2.20. The largest absolute Gasteiger partial charge is 0.300 e. The maximum atomic E-state index is 10.9. The Morgan fingerprint density at radius 3 is 2.50 bits per heavy atom. The maximum Gasteiger partial charge on any atom is 0.132 e. The van der Waals surface area contributed by atoms with Gasteiger partial charge in [-0.05, 0) is 25.2 Å². The van der Waals surface area contributed by atoms with Gasteiger partial charge >= 0.3 is 0 Å². The summed E-state index contributed by atoms with van der Waals surface area (Å²) in [5, 5.41) is 1.12. The molecule has 1 aliphatic carbocycles. The van der Waals surface area contributed by atoms with E-state index >= 15 is 0 Å². The van der Waals surface area contributed by atoms with Crippen molar-refractivity contribution in [1.29, 1.82) is 0 Å². The Balaban J connectivity index is 2.05. The van der Waals surface area contributed by atoms with Gasteiger partial charge in [0.25, 0.3) is 0 Å². The number of alkyl halides is 1. The van der Waals surface area contributed by atoms with Crippen LogP contribution in [0, 0.1) is 5.92 Å². The zero-order valence-electron chi connectivity index (χ0n) is 7.52. The smallest absolute Gasteiger partial charge is 0.132 e. The number of rotatable bonds is 4. The van der Waals surface area contributed by atoms with Crippen LogP contribution in [0.3, 0.4) is 0 Å². The Hall–Kier alpha value is 0.150. The number of ketones is 1. The summed E-state index contributed by atoms with van der Waals surface area (Å²) in [5.41, 5.74) is 0. The molecule has 0 saturated heterocycles. The van der Waals surface area contributed by atoms with Crippen molar-refractivity contribution in [3.63, 3.8) is 0 Å². The summed E-state index contributed by atoms with van der Waals surface area (Å²) in [6, 6.07) is 0. The number of carbonyl (C=O) groups excluding carboxylic acids is 1. The molecule has 0 amide bonds. The molecule has 1 aliphatic rings. The third kappa shape index (κ3) is 3.70. The van der Waals surface area contributed by atoms with Crippen LogP contribution >= 0.6 is 15.9 Å². The van der Waals surface area contributed by atoms with Crippen LogP contribution < -0.4 is 0 Å². The van der Waals surface area contributed by atoms with Crippen LogP contribution in [-0.4, -0.2) is 11.1 Å². The van der Waals surface area contributed by atoms with Gasteiger partial charge in [0.1, 0.15) is 5.78 Å². The molecule has 0 heterocycles. The average Bonchev–Trinajstić information content (AvgIpc) is 2.09. The lowest BCUT2D eigenvalue weighted by molar-refractivity contribution is -0.121. The molecule has 2 heteroatoms. The van der Waals surface area contributed by atoms with Gasteiger partial charge in [-0.3, -0.25) is 4.79 Å². The second-order valence-electron chi connectivity index (χ2n) is 3.67. The average molecular weight is 233 g/mol. The van der Waals surface area contributed by atoms with Crippen molar-refractivity contribution >= 4 is 21.7 Å². The standard InChI is InChI=1S/C10H17BrO/c11-8-2-1-3-9-4-6-10(12)7-5-9/h9H,1-8H2. The summed E-state index contributed by atoms with van der Waals surface area (Å²) in [6.07, 6.45) is 7.94. The van der Waals surface area contributed by atoms with E-state index in [0.29, 0.717) is 5.78 Å². The summed E-state index contributed by atoms with van der Waals surface area (Å²) in [4.78, 5) is 10.9. The first-order chi connectivity index (χ1) is 5.83. The van der Waals surface area contributed by atoms with Crippen LogP contribution in [0.4, 0.5) is 0 Å². The Labute approximate surface area is 83.0 Å². The minimum atomic E-state index is 0.478.